The molecule has 11 heteroatoms. The standard InChI is InChI=1S/C26H23F3N4O4/c27-26(28,29)20-9-4-19(5-10-20)8-13-24-30-21(17-37-24)16-36-22-11-6-18(7-12-22)3-1-2-14-33-15-23(25(34)35)31-32-33/h4-13,15,17H,1-3,14,16H2,(H,34,35)/b13-8+. The Kier molecular flexibility index (Phi) is 8.02. The minimum atomic E-state index is -4.36. The molecule has 4 rings (SSSR count). The number of nitrogens with zero attached hydrogens (tertiary/aromatic N) is 4. The summed E-state index contributed by atoms with van der Waals surface area (Å²) in [4.78, 5) is 15.1. The summed E-state index contributed by atoms with van der Waals surface area (Å²) in [6.45, 7) is 0.799. The van der Waals surface area contributed by atoms with E-state index in [1.807, 2.05) is 24.3 Å². The lowest BCUT2D eigenvalue weighted by Crippen LogP contribution is -2.03. The summed E-state index contributed by atoms with van der Waals surface area (Å²) in [5, 5.41) is 16.3. The number of ether oxygens (including phenoxy) is 1. The van der Waals surface area contributed by atoms with Gasteiger partial charge in [-0.05, 0) is 60.7 Å². The minimum absolute atomic E-state index is 0.0629. The first-order valence-corrected chi connectivity index (χ1v) is 11.4. The lowest BCUT2D eigenvalue weighted by Gasteiger charge is -2.06. The van der Waals surface area contributed by atoms with E-state index < -0.39 is 17.7 Å². The highest BCUT2D eigenvalue weighted by Gasteiger charge is 2.29. The van der Waals surface area contributed by atoms with Crippen molar-refractivity contribution in [3.05, 3.63) is 95.0 Å². The van der Waals surface area contributed by atoms with Crippen LogP contribution in [-0.2, 0) is 25.7 Å². The third kappa shape index (κ3) is 7.53. The number of carboxylic acid groups (broad SMARTS) is 1. The zero-order valence-corrected chi connectivity index (χ0v) is 19.6. The van der Waals surface area contributed by atoms with E-state index in [0.717, 1.165) is 37.0 Å². The average molecular weight is 512 g/mol. The van der Waals surface area contributed by atoms with Crippen molar-refractivity contribution in [2.24, 2.45) is 0 Å². The fraction of sp³-hybridized carbons (Fsp3) is 0.231. The van der Waals surface area contributed by atoms with Crippen molar-refractivity contribution in [3.63, 3.8) is 0 Å². The van der Waals surface area contributed by atoms with Crippen LogP contribution in [0, 0.1) is 0 Å². The van der Waals surface area contributed by atoms with Crippen molar-refractivity contribution in [1.29, 1.82) is 0 Å². The molecule has 37 heavy (non-hydrogen) atoms. The summed E-state index contributed by atoms with van der Waals surface area (Å²) >= 11 is 0. The van der Waals surface area contributed by atoms with Gasteiger partial charge in [0.05, 0.1) is 11.8 Å². The highest BCUT2D eigenvalue weighted by molar-refractivity contribution is 5.84. The van der Waals surface area contributed by atoms with Crippen molar-refractivity contribution in [3.8, 4) is 5.75 Å². The maximum atomic E-state index is 12.7. The van der Waals surface area contributed by atoms with E-state index in [1.165, 1.54) is 29.3 Å². The highest BCUT2D eigenvalue weighted by Crippen LogP contribution is 2.29. The Labute approximate surface area is 210 Å². The SMILES string of the molecule is O=C(O)c1cn(CCCCc2ccc(OCc3coc(/C=C/c4ccc(C(F)(F)F)cc4)n3)cc2)nn1. The second kappa shape index (κ2) is 11.5. The number of carboxylic acids is 1. The zero-order chi connectivity index (χ0) is 26.3. The Morgan fingerprint density at radius 1 is 1.05 bits per heavy atom. The summed E-state index contributed by atoms with van der Waals surface area (Å²) in [5.74, 6) is -0.0950. The molecule has 0 aliphatic rings. The van der Waals surface area contributed by atoms with E-state index in [9.17, 15) is 18.0 Å². The van der Waals surface area contributed by atoms with Crippen molar-refractivity contribution >= 4 is 18.1 Å². The van der Waals surface area contributed by atoms with Crippen molar-refractivity contribution in [2.45, 2.75) is 38.6 Å². The predicted octanol–water partition coefficient (Wildman–Crippen LogP) is 5.76. The summed E-state index contributed by atoms with van der Waals surface area (Å²) in [6.07, 6.45) is 4.32. The van der Waals surface area contributed by atoms with Crippen LogP contribution < -0.4 is 4.74 Å². The number of halogens is 3. The Balaban J connectivity index is 1.19. The largest absolute Gasteiger partial charge is 0.487 e. The number of unbranched alkanes of at least 4 members (excludes halogenated alkanes) is 1. The van der Waals surface area contributed by atoms with E-state index in [4.69, 9.17) is 14.3 Å². The van der Waals surface area contributed by atoms with Crippen LogP contribution in [0.2, 0.25) is 0 Å². The molecule has 0 unspecified atom stereocenters. The molecule has 0 spiro atoms. The lowest BCUT2D eigenvalue weighted by atomic mass is 10.1. The van der Waals surface area contributed by atoms with Gasteiger partial charge in [0.15, 0.2) is 5.69 Å². The first kappa shape index (κ1) is 25.7. The molecule has 1 N–H and O–H groups in total. The number of oxazole rings is 1. The van der Waals surface area contributed by atoms with Crippen LogP contribution in [0.4, 0.5) is 13.2 Å². The number of aromatic nitrogens is 4. The first-order valence-electron chi connectivity index (χ1n) is 11.4. The number of hydrogen-bond acceptors (Lipinski definition) is 6. The number of aryl methyl sites for hydroxylation is 2. The molecule has 0 aliphatic heterocycles. The smallest absolute Gasteiger partial charge is 0.416 e. The summed E-state index contributed by atoms with van der Waals surface area (Å²) in [6, 6.07) is 12.5. The molecule has 0 radical (unpaired) electrons. The number of hydrogen-bond donors (Lipinski definition) is 1. The topological polar surface area (TPSA) is 103 Å². The van der Waals surface area contributed by atoms with E-state index in [2.05, 4.69) is 15.3 Å². The molecule has 0 atom stereocenters. The van der Waals surface area contributed by atoms with Crippen LogP contribution in [-0.4, -0.2) is 31.1 Å². The quantitative estimate of drug-likeness (QED) is 0.255. The van der Waals surface area contributed by atoms with Gasteiger partial charge in [-0.3, -0.25) is 4.68 Å². The van der Waals surface area contributed by atoms with Crippen molar-refractivity contribution < 1.29 is 32.2 Å². The molecule has 2 aromatic heterocycles. The summed E-state index contributed by atoms with van der Waals surface area (Å²) in [5.41, 5.74) is 1.56. The van der Waals surface area contributed by atoms with Gasteiger partial charge in [-0.15, -0.1) is 5.10 Å². The van der Waals surface area contributed by atoms with Crippen LogP contribution in [0.5, 0.6) is 5.75 Å². The van der Waals surface area contributed by atoms with Gasteiger partial charge in [0.2, 0.25) is 5.89 Å². The van der Waals surface area contributed by atoms with E-state index in [0.29, 0.717) is 29.4 Å². The van der Waals surface area contributed by atoms with E-state index in [1.54, 1.807) is 12.2 Å². The van der Waals surface area contributed by atoms with Gasteiger partial charge in [-0.2, -0.15) is 13.2 Å². The molecule has 0 fully saturated rings. The number of alkyl halides is 3. The van der Waals surface area contributed by atoms with Crippen LogP contribution >= 0.6 is 0 Å². The number of rotatable bonds is 11. The van der Waals surface area contributed by atoms with Gasteiger partial charge < -0.3 is 14.3 Å². The van der Waals surface area contributed by atoms with Crippen LogP contribution in [0.3, 0.4) is 0 Å². The molecule has 0 saturated carbocycles. The molecule has 2 heterocycles. The zero-order valence-electron chi connectivity index (χ0n) is 19.6. The fourth-order valence-electron chi connectivity index (χ4n) is 3.43. The fourth-order valence-corrected chi connectivity index (χ4v) is 3.43. The molecule has 2 aromatic carbocycles. The summed E-state index contributed by atoms with van der Waals surface area (Å²) in [7, 11) is 0. The van der Waals surface area contributed by atoms with Crippen LogP contribution in [0.1, 0.15) is 51.6 Å². The monoisotopic (exact) mass is 512 g/mol. The lowest BCUT2D eigenvalue weighted by molar-refractivity contribution is -0.137. The van der Waals surface area contributed by atoms with Crippen molar-refractivity contribution in [1.82, 2.24) is 20.0 Å². The second-order valence-electron chi connectivity index (χ2n) is 8.19. The second-order valence-corrected chi connectivity index (χ2v) is 8.19. The van der Waals surface area contributed by atoms with Gasteiger partial charge >= 0.3 is 12.1 Å². The highest BCUT2D eigenvalue weighted by atomic mass is 19.4. The Morgan fingerprint density at radius 3 is 2.49 bits per heavy atom. The molecule has 0 saturated heterocycles. The normalized spacial score (nSPS) is 11.8. The number of benzene rings is 2. The molecule has 0 amide bonds. The Hall–Kier alpha value is -4.41. The Bertz CT molecular complexity index is 1340. The van der Waals surface area contributed by atoms with Gasteiger partial charge in [0.1, 0.15) is 24.3 Å². The molecular weight excluding hydrogens is 489 g/mol. The van der Waals surface area contributed by atoms with E-state index >= 15 is 0 Å². The van der Waals surface area contributed by atoms with Gasteiger partial charge in [0, 0.05) is 12.6 Å². The molecule has 8 nitrogen and oxygen atoms in total. The molecule has 4 aromatic rings. The van der Waals surface area contributed by atoms with Gasteiger partial charge in [0.25, 0.3) is 0 Å². The predicted molar refractivity (Wildman–Crippen MR) is 128 cm³/mol. The van der Waals surface area contributed by atoms with Gasteiger partial charge in [-0.25, -0.2) is 9.78 Å². The first-order chi connectivity index (χ1) is 17.8. The maximum Gasteiger partial charge on any atom is 0.416 e. The molecule has 0 bridgehead atoms. The summed E-state index contributed by atoms with van der Waals surface area (Å²) < 4.78 is 50.6. The van der Waals surface area contributed by atoms with Crippen molar-refractivity contribution in [2.75, 3.05) is 0 Å². The maximum absolute atomic E-state index is 12.7. The third-order valence-corrected chi connectivity index (χ3v) is 5.40. The van der Waals surface area contributed by atoms with Gasteiger partial charge in [-0.1, -0.05) is 29.5 Å². The molecular formula is C26H23F3N4O4. The number of aromatic carboxylic acids is 1. The van der Waals surface area contributed by atoms with Crippen LogP contribution in [0.15, 0.2) is 65.4 Å². The van der Waals surface area contributed by atoms with E-state index in [-0.39, 0.29) is 12.3 Å². The number of carbonyl (C=O) groups is 1. The minimum Gasteiger partial charge on any atom is -0.487 e. The molecule has 0 aliphatic carbocycles. The third-order valence-electron chi connectivity index (χ3n) is 5.40. The van der Waals surface area contributed by atoms with Crippen LogP contribution in [0.25, 0.3) is 12.2 Å². The molecule has 192 valence electrons. The Morgan fingerprint density at radius 2 is 1.81 bits per heavy atom. The average Bonchev–Trinajstić information content (AvgIpc) is 3.54.